The SMILES string of the molecule is Cc1ccn2c(-c3ccc(NC(=O)C(C)N(C)C(=O)OC(C)(C)C)nc3C#Cc3ccc4c(C)nccc4c3)c(-c3cnc(C)nc3)nc2c1.[HH]. The molecule has 0 aliphatic rings. The Morgan fingerprint density at radius 1 is 0.960 bits per heavy atom. The third-order valence-corrected chi connectivity index (χ3v) is 8.17. The molecule has 2 amide bonds. The van der Waals surface area contributed by atoms with Crippen LogP contribution in [0.3, 0.4) is 0 Å². The summed E-state index contributed by atoms with van der Waals surface area (Å²) >= 11 is 0. The molecule has 0 spiro atoms. The van der Waals surface area contributed by atoms with Crippen molar-refractivity contribution in [2.24, 2.45) is 0 Å². The van der Waals surface area contributed by atoms with Crippen LogP contribution in [0.1, 0.15) is 57.5 Å². The average molecular weight is 669 g/mol. The number of pyridine rings is 3. The van der Waals surface area contributed by atoms with Gasteiger partial charge in [-0.05, 0) is 108 Å². The lowest BCUT2D eigenvalue weighted by Gasteiger charge is -2.28. The maximum Gasteiger partial charge on any atom is 0.410 e. The number of imidazole rings is 1. The van der Waals surface area contributed by atoms with Crippen LogP contribution >= 0.6 is 0 Å². The van der Waals surface area contributed by atoms with Crippen LogP contribution in [0.5, 0.6) is 0 Å². The lowest BCUT2D eigenvalue weighted by atomic mass is 10.0. The molecule has 0 radical (unpaired) electrons. The Kier molecular flexibility index (Phi) is 9.04. The van der Waals surface area contributed by atoms with Gasteiger partial charge in [0.15, 0.2) is 0 Å². The molecule has 11 nitrogen and oxygen atoms in total. The number of nitrogens with zero attached hydrogens (tertiary/aromatic N) is 7. The van der Waals surface area contributed by atoms with Crippen LogP contribution in [0.4, 0.5) is 10.6 Å². The maximum absolute atomic E-state index is 13.4. The van der Waals surface area contributed by atoms with Gasteiger partial charge in [-0.1, -0.05) is 12.0 Å². The normalized spacial score (nSPS) is 11.9. The molecule has 0 aliphatic carbocycles. The van der Waals surface area contributed by atoms with Gasteiger partial charge in [0, 0.05) is 61.0 Å². The molecule has 5 aromatic heterocycles. The van der Waals surface area contributed by atoms with Gasteiger partial charge in [-0.15, -0.1) is 0 Å². The van der Waals surface area contributed by atoms with E-state index < -0.39 is 23.6 Å². The lowest BCUT2D eigenvalue weighted by Crippen LogP contribution is -2.45. The van der Waals surface area contributed by atoms with Crippen molar-refractivity contribution >= 4 is 34.2 Å². The number of amides is 2. The van der Waals surface area contributed by atoms with Crippen LogP contribution in [0.25, 0.3) is 38.9 Å². The van der Waals surface area contributed by atoms with Crippen LogP contribution in [0, 0.1) is 32.6 Å². The molecule has 254 valence electrons. The molecule has 6 aromatic rings. The number of ether oxygens (including phenoxy) is 1. The molecule has 1 unspecified atom stereocenters. The molecule has 0 saturated heterocycles. The summed E-state index contributed by atoms with van der Waals surface area (Å²) in [4.78, 5) is 50.4. The van der Waals surface area contributed by atoms with Crippen molar-refractivity contribution in [3.05, 3.63) is 102 Å². The van der Waals surface area contributed by atoms with Crippen molar-refractivity contribution in [3.8, 4) is 34.4 Å². The highest BCUT2D eigenvalue weighted by Gasteiger charge is 2.28. The van der Waals surface area contributed by atoms with Gasteiger partial charge in [-0.25, -0.2) is 24.7 Å². The number of fused-ring (bicyclic) bond motifs is 2. The van der Waals surface area contributed by atoms with E-state index in [1.54, 1.807) is 52.4 Å². The zero-order chi connectivity index (χ0) is 35.7. The van der Waals surface area contributed by atoms with Gasteiger partial charge in [0.25, 0.3) is 0 Å². The van der Waals surface area contributed by atoms with E-state index in [2.05, 4.69) is 32.1 Å². The predicted octanol–water partition coefficient (Wildman–Crippen LogP) is 7.17. The third kappa shape index (κ3) is 7.15. The molecule has 11 heteroatoms. The quantitative estimate of drug-likeness (QED) is 0.192. The summed E-state index contributed by atoms with van der Waals surface area (Å²) in [5.41, 5.74) is 6.09. The summed E-state index contributed by atoms with van der Waals surface area (Å²) in [7, 11) is 1.52. The molecular weight excluding hydrogens is 628 g/mol. The Balaban J connectivity index is 0.00000504. The first kappa shape index (κ1) is 33.7. The number of carbonyl (C=O) groups is 2. The van der Waals surface area contributed by atoms with Crippen LogP contribution in [-0.4, -0.2) is 64.9 Å². The van der Waals surface area contributed by atoms with E-state index >= 15 is 0 Å². The van der Waals surface area contributed by atoms with Gasteiger partial charge in [-0.2, -0.15) is 0 Å². The number of rotatable bonds is 5. The number of carbonyl (C=O) groups excluding carboxylic acids is 2. The van der Waals surface area contributed by atoms with Gasteiger partial charge >= 0.3 is 6.09 Å². The fourth-order valence-corrected chi connectivity index (χ4v) is 5.37. The van der Waals surface area contributed by atoms with E-state index in [0.717, 1.165) is 44.5 Å². The Hall–Kier alpha value is -6.15. The highest BCUT2D eigenvalue weighted by molar-refractivity contribution is 5.96. The summed E-state index contributed by atoms with van der Waals surface area (Å²) in [6.07, 6.45) is 6.65. The van der Waals surface area contributed by atoms with Crippen molar-refractivity contribution in [1.82, 2.24) is 34.2 Å². The molecular formula is C39H40N8O3. The third-order valence-electron chi connectivity index (χ3n) is 8.17. The van der Waals surface area contributed by atoms with Crippen LogP contribution < -0.4 is 5.32 Å². The predicted molar refractivity (Wildman–Crippen MR) is 196 cm³/mol. The number of anilines is 1. The van der Waals surface area contributed by atoms with E-state index in [0.29, 0.717) is 22.8 Å². The fraction of sp³-hybridized carbons (Fsp3) is 0.256. The summed E-state index contributed by atoms with van der Waals surface area (Å²) in [5.74, 6) is 7.07. The number of aryl methyl sites for hydroxylation is 3. The van der Waals surface area contributed by atoms with Crippen molar-refractivity contribution in [1.29, 1.82) is 0 Å². The highest BCUT2D eigenvalue weighted by Crippen LogP contribution is 2.35. The van der Waals surface area contributed by atoms with Crippen LogP contribution in [0.15, 0.2) is 73.3 Å². The number of likely N-dealkylation sites (N-methyl/N-ethyl adjacent to an activating group) is 1. The Morgan fingerprint density at radius 3 is 2.46 bits per heavy atom. The molecule has 0 fully saturated rings. The van der Waals surface area contributed by atoms with Crippen molar-refractivity contribution in [3.63, 3.8) is 0 Å². The van der Waals surface area contributed by atoms with Gasteiger partial charge < -0.3 is 10.1 Å². The molecule has 50 heavy (non-hydrogen) atoms. The van der Waals surface area contributed by atoms with Crippen molar-refractivity contribution in [2.45, 2.75) is 60.1 Å². The summed E-state index contributed by atoms with van der Waals surface area (Å²) in [5, 5.41) is 4.94. The maximum atomic E-state index is 13.4. The molecule has 0 bridgehead atoms. The zero-order valence-electron chi connectivity index (χ0n) is 29.4. The summed E-state index contributed by atoms with van der Waals surface area (Å²) < 4.78 is 7.45. The summed E-state index contributed by atoms with van der Waals surface area (Å²) in [6, 6.07) is 14.7. The lowest BCUT2D eigenvalue weighted by molar-refractivity contribution is -0.120. The summed E-state index contributed by atoms with van der Waals surface area (Å²) in [6.45, 7) is 12.8. The van der Waals surface area contributed by atoms with Crippen molar-refractivity contribution in [2.75, 3.05) is 12.4 Å². The largest absolute Gasteiger partial charge is 0.444 e. The molecule has 1 N–H and O–H groups in total. The number of hydrogen-bond donors (Lipinski definition) is 1. The number of nitrogens with one attached hydrogen (secondary N) is 1. The van der Waals surface area contributed by atoms with E-state index in [-0.39, 0.29) is 7.24 Å². The first-order valence-corrected chi connectivity index (χ1v) is 16.2. The van der Waals surface area contributed by atoms with E-state index in [1.807, 2.05) is 73.8 Å². The van der Waals surface area contributed by atoms with E-state index in [4.69, 9.17) is 14.7 Å². The highest BCUT2D eigenvalue weighted by atomic mass is 16.6. The minimum atomic E-state index is -0.841. The monoisotopic (exact) mass is 668 g/mol. The van der Waals surface area contributed by atoms with E-state index in [1.165, 1.54) is 11.9 Å². The smallest absolute Gasteiger partial charge is 0.410 e. The molecule has 1 aromatic carbocycles. The van der Waals surface area contributed by atoms with Crippen molar-refractivity contribution < 1.29 is 15.8 Å². The fourth-order valence-electron chi connectivity index (χ4n) is 5.37. The molecule has 6 rings (SSSR count). The minimum absolute atomic E-state index is 0. The second-order valence-electron chi connectivity index (χ2n) is 13.2. The van der Waals surface area contributed by atoms with Crippen LogP contribution in [-0.2, 0) is 9.53 Å². The number of hydrogen-bond acceptors (Lipinski definition) is 8. The van der Waals surface area contributed by atoms with Crippen LogP contribution in [0.2, 0.25) is 0 Å². The first-order valence-electron chi connectivity index (χ1n) is 16.2. The van der Waals surface area contributed by atoms with Gasteiger partial charge in [0.1, 0.15) is 40.3 Å². The van der Waals surface area contributed by atoms with E-state index in [9.17, 15) is 9.59 Å². The zero-order valence-corrected chi connectivity index (χ0v) is 29.4. The standard InChI is InChI=1S/C39H38N8O3.H2/c1-23-16-18-47-34(19-23)45-35(29-21-41-26(4)42-22-29)36(47)31-12-14-33(44-37(48)25(3)46(8)38(49)50-39(5,6)7)43-32(31)13-10-27-9-11-30-24(2)40-17-15-28(30)20-27;/h9,11-12,14-22,25H,1-8H3,(H,43,44,48);1H. The second kappa shape index (κ2) is 13.4. The first-order chi connectivity index (χ1) is 23.8. The number of benzene rings is 1. The van der Waals surface area contributed by atoms with Gasteiger partial charge in [0.05, 0.1) is 5.69 Å². The molecule has 1 atom stereocenters. The number of aromatic nitrogens is 6. The molecule has 5 heterocycles. The second-order valence-corrected chi connectivity index (χ2v) is 13.2. The van der Waals surface area contributed by atoms with Gasteiger partial charge in [0.2, 0.25) is 5.91 Å². The van der Waals surface area contributed by atoms with Gasteiger partial charge in [-0.3, -0.25) is 19.1 Å². The minimum Gasteiger partial charge on any atom is -0.444 e. The topological polar surface area (TPSA) is 128 Å². The Labute approximate surface area is 292 Å². The molecule has 0 aliphatic heterocycles. The average Bonchev–Trinajstić information content (AvgIpc) is 3.44. The Bertz CT molecular complexity index is 2340. The molecule has 0 saturated carbocycles. The Morgan fingerprint density at radius 2 is 1.72 bits per heavy atom.